The lowest BCUT2D eigenvalue weighted by Crippen LogP contribution is -2.38. The van der Waals surface area contributed by atoms with Crippen LogP contribution < -0.4 is 4.90 Å². The molecule has 19 heavy (non-hydrogen) atoms. The molecule has 0 aromatic heterocycles. The summed E-state index contributed by atoms with van der Waals surface area (Å²) >= 11 is 0. The second-order valence-corrected chi connectivity index (χ2v) is 5.00. The third-order valence-corrected chi connectivity index (χ3v) is 3.33. The normalized spacial score (nSPS) is 16.1. The van der Waals surface area contributed by atoms with Gasteiger partial charge in [0, 0.05) is 38.7 Å². The molecular weight excluding hydrogens is 242 g/mol. The van der Waals surface area contributed by atoms with Crippen LogP contribution in [-0.4, -0.2) is 32.0 Å². The number of benzene rings is 1. The van der Waals surface area contributed by atoms with Crippen LogP contribution >= 0.6 is 0 Å². The van der Waals surface area contributed by atoms with Crippen molar-refractivity contribution in [2.75, 3.05) is 25.2 Å². The summed E-state index contributed by atoms with van der Waals surface area (Å²) in [6.07, 6.45) is 0.845. The van der Waals surface area contributed by atoms with Crippen LogP contribution in [-0.2, 0) is 9.53 Å². The van der Waals surface area contributed by atoms with Crippen molar-refractivity contribution in [3.63, 3.8) is 0 Å². The van der Waals surface area contributed by atoms with Gasteiger partial charge in [0.15, 0.2) is 5.78 Å². The fourth-order valence-electron chi connectivity index (χ4n) is 2.42. The second kappa shape index (κ2) is 5.97. The third-order valence-electron chi connectivity index (χ3n) is 3.33. The number of anilines is 1. The van der Waals surface area contributed by atoms with Crippen LogP contribution in [0.5, 0.6) is 0 Å². The van der Waals surface area contributed by atoms with Gasteiger partial charge in [-0.15, -0.1) is 0 Å². The standard InChI is InChI=1S/C15H19NO3/c1-11(10-19-2)9-15(18)16-8-7-14(17)12-5-3-4-6-13(12)16/h3-6,11H,7-10H2,1-2H3. The molecule has 1 heterocycles. The van der Waals surface area contributed by atoms with Crippen molar-refractivity contribution in [2.45, 2.75) is 19.8 Å². The zero-order chi connectivity index (χ0) is 13.8. The maximum atomic E-state index is 12.3. The fraction of sp³-hybridized carbons (Fsp3) is 0.467. The number of ketones is 1. The topological polar surface area (TPSA) is 46.6 Å². The molecule has 1 aliphatic heterocycles. The van der Waals surface area contributed by atoms with Gasteiger partial charge >= 0.3 is 0 Å². The molecule has 2 rings (SSSR count). The summed E-state index contributed by atoms with van der Waals surface area (Å²) in [6, 6.07) is 7.32. The predicted octanol–water partition coefficient (Wildman–Crippen LogP) is 2.28. The molecule has 4 nitrogen and oxygen atoms in total. The molecule has 0 bridgehead atoms. The van der Waals surface area contributed by atoms with Crippen molar-refractivity contribution in [1.82, 2.24) is 0 Å². The second-order valence-electron chi connectivity index (χ2n) is 5.00. The summed E-state index contributed by atoms with van der Waals surface area (Å²) < 4.78 is 5.05. The van der Waals surface area contributed by atoms with Gasteiger partial charge in [-0.25, -0.2) is 0 Å². The molecule has 0 N–H and O–H groups in total. The number of ether oxygens (including phenoxy) is 1. The zero-order valence-electron chi connectivity index (χ0n) is 11.4. The van der Waals surface area contributed by atoms with Crippen molar-refractivity contribution in [3.8, 4) is 0 Å². The van der Waals surface area contributed by atoms with E-state index in [1.165, 1.54) is 0 Å². The Balaban J connectivity index is 2.16. The number of fused-ring (bicyclic) bond motifs is 1. The van der Waals surface area contributed by atoms with E-state index in [9.17, 15) is 9.59 Å². The van der Waals surface area contributed by atoms with Crippen LogP contribution in [0.15, 0.2) is 24.3 Å². The van der Waals surface area contributed by atoms with Gasteiger partial charge in [-0.1, -0.05) is 19.1 Å². The van der Waals surface area contributed by atoms with E-state index in [4.69, 9.17) is 4.74 Å². The summed E-state index contributed by atoms with van der Waals surface area (Å²) in [5.74, 6) is 0.358. The minimum Gasteiger partial charge on any atom is -0.384 e. The van der Waals surface area contributed by atoms with Crippen molar-refractivity contribution >= 4 is 17.4 Å². The van der Waals surface area contributed by atoms with Gasteiger partial charge < -0.3 is 9.64 Å². The number of para-hydroxylation sites is 1. The molecule has 1 aromatic rings. The number of carbonyl (C=O) groups is 2. The van der Waals surface area contributed by atoms with Gasteiger partial charge in [-0.2, -0.15) is 0 Å². The van der Waals surface area contributed by atoms with E-state index in [0.717, 1.165) is 5.69 Å². The van der Waals surface area contributed by atoms with Crippen molar-refractivity contribution in [1.29, 1.82) is 0 Å². The summed E-state index contributed by atoms with van der Waals surface area (Å²) in [5.41, 5.74) is 1.40. The van der Waals surface area contributed by atoms with E-state index in [0.29, 0.717) is 31.6 Å². The number of nitrogens with zero attached hydrogens (tertiary/aromatic N) is 1. The minimum atomic E-state index is 0.0597. The zero-order valence-corrected chi connectivity index (χ0v) is 11.4. The van der Waals surface area contributed by atoms with E-state index in [-0.39, 0.29) is 17.6 Å². The van der Waals surface area contributed by atoms with Crippen LogP contribution in [0.1, 0.15) is 30.1 Å². The highest BCUT2D eigenvalue weighted by atomic mass is 16.5. The number of hydrogen-bond donors (Lipinski definition) is 0. The Hall–Kier alpha value is -1.68. The molecule has 1 aromatic carbocycles. The molecule has 0 aliphatic carbocycles. The quantitative estimate of drug-likeness (QED) is 0.835. The molecule has 4 heteroatoms. The van der Waals surface area contributed by atoms with Crippen LogP contribution in [0.2, 0.25) is 0 Å². The lowest BCUT2D eigenvalue weighted by atomic mass is 9.99. The Morgan fingerprint density at radius 1 is 1.42 bits per heavy atom. The number of methoxy groups -OCH3 is 1. The molecule has 1 unspecified atom stereocenters. The van der Waals surface area contributed by atoms with Gasteiger partial charge in [-0.3, -0.25) is 9.59 Å². The highest BCUT2D eigenvalue weighted by molar-refractivity contribution is 6.08. The number of hydrogen-bond acceptors (Lipinski definition) is 3. The number of rotatable bonds is 4. The van der Waals surface area contributed by atoms with Gasteiger partial charge in [0.1, 0.15) is 0 Å². The number of amides is 1. The molecule has 0 saturated heterocycles. The molecule has 1 atom stereocenters. The smallest absolute Gasteiger partial charge is 0.227 e. The fourth-order valence-corrected chi connectivity index (χ4v) is 2.42. The Bertz CT molecular complexity index is 484. The van der Waals surface area contributed by atoms with Gasteiger partial charge in [0.2, 0.25) is 5.91 Å². The largest absolute Gasteiger partial charge is 0.384 e. The molecule has 0 fully saturated rings. The average Bonchev–Trinajstić information content (AvgIpc) is 2.39. The average molecular weight is 261 g/mol. The van der Waals surface area contributed by atoms with Crippen molar-refractivity contribution in [3.05, 3.63) is 29.8 Å². The van der Waals surface area contributed by atoms with E-state index in [2.05, 4.69) is 0 Å². The SMILES string of the molecule is COCC(C)CC(=O)N1CCC(=O)c2ccccc21. The van der Waals surface area contributed by atoms with Crippen molar-refractivity contribution < 1.29 is 14.3 Å². The first-order chi connectivity index (χ1) is 9.13. The lowest BCUT2D eigenvalue weighted by Gasteiger charge is -2.29. The van der Waals surface area contributed by atoms with Crippen LogP contribution in [0.4, 0.5) is 5.69 Å². The highest BCUT2D eigenvalue weighted by Crippen LogP contribution is 2.27. The van der Waals surface area contributed by atoms with Crippen LogP contribution in [0, 0.1) is 5.92 Å². The summed E-state index contributed by atoms with van der Waals surface area (Å²) in [4.78, 5) is 25.9. The van der Waals surface area contributed by atoms with E-state index in [1.807, 2.05) is 25.1 Å². The molecular formula is C15H19NO3. The Labute approximate surface area is 113 Å². The van der Waals surface area contributed by atoms with E-state index in [1.54, 1.807) is 18.1 Å². The number of carbonyl (C=O) groups excluding carboxylic acids is 2. The van der Waals surface area contributed by atoms with Gasteiger partial charge in [0.25, 0.3) is 0 Å². The van der Waals surface area contributed by atoms with E-state index < -0.39 is 0 Å². The summed E-state index contributed by atoms with van der Waals surface area (Å²) in [7, 11) is 1.63. The number of Topliss-reactive ketones (excluding diaryl/α,β-unsaturated/α-hetero) is 1. The Morgan fingerprint density at radius 3 is 2.89 bits per heavy atom. The molecule has 1 aliphatic rings. The first-order valence-electron chi connectivity index (χ1n) is 6.55. The van der Waals surface area contributed by atoms with Gasteiger partial charge in [0.05, 0.1) is 5.69 Å². The molecule has 0 radical (unpaired) electrons. The van der Waals surface area contributed by atoms with Crippen molar-refractivity contribution in [2.24, 2.45) is 5.92 Å². The minimum absolute atomic E-state index is 0.0597. The lowest BCUT2D eigenvalue weighted by molar-refractivity contribution is -0.119. The maximum absolute atomic E-state index is 12.3. The molecule has 0 spiro atoms. The third kappa shape index (κ3) is 3.01. The molecule has 102 valence electrons. The first kappa shape index (κ1) is 13.7. The molecule has 1 amide bonds. The summed E-state index contributed by atoms with van der Waals surface area (Å²) in [6.45, 7) is 3.04. The Morgan fingerprint density at radius 2 is 2.16 bits per heavy atom. The summed E-state index contributed by atoms with van der Waals surface area (Å²) in [5, 5.41) is 0. The van der Waals surface area contributed by atoms with Gasteiger partial charge in [-0.05, 0) is 18.1 Å². The van der Waals surface area contributed by atoms with Crippen LogP contribution in [0.25, 0.3) is 0 Å². The highest BCUT2D eigenvalue weighted by Gasteiger charge is 2.27. The Kier molecular flexibility index (Phi) is 4.32. The predicted molar refractivity (Wildman–Crippen MR) is 73.4 cm³/mol. The van der Waals surface area contributed by atoms with E-state index >= 15 is 0 Å². The monoisotopic (exact) mass is 261 g/mol. The molecule has 0 saturated carbocycles. The van der Waals surface area contributed by atoms with Crippen LogP contribution in [0.3, 0.4) is 0 Å². The maximum Gasteiger partial charge on any atom is 0.227 e. The first-order valence-corrected chi connectivity index (χ1v) is 6.55.